The molecule has 6 rings (SSSR count). The second kappa shape index (κ2) is 12.6. The third-order valence-corrected chi connectivity index (χ3v) is 11.2. The number of carbonyl (C=O) groups excluding carboxylic acids is 1. The molecular formula is C34H47ClN8O4Si. The molecule has 0 unspecified atom stereocenters. The smallest absolute Gasteiger partial charge is 0.407 e. The lowest BCUT2D eigenvalue weighted by Crippen LogP contribution is -2.46. The van der Waals surface area contributed by atoms with E-state index in [1.165, 1.54) is 0 Å². The number of benzene rings is 1. The molecule has 1 amide bonds. The SMILES string of the molecule is CN(C)c1cnc2ccc(-c3cn(COCC[Si](C)(C)C)c4nc(N5[C@H]6CC[C@@H]5[C@H](NC(=O)OC(C)(C)C)C6)n(C)c(=O)c34)c(Cl)c2n1. The lowest BCUT2D eigenvalue weighted by atomic mass is 9.96. The zero-order valence-corrected chi connectivity index (χ0v) is 31.2. The molecule has 48 heavy (non-hydrogen) atoms. The van der Waals surface area contributed by atoms with Gasteiger partial charge in [-0.1, -0.05) is 37.3 Å². The summed E-state index contributed by atoms with van der Waals surface area (Å²) in [6.07, 6.45) is 5.79. The van der Waals surface area contributed by atoms with E-state index >= 15 is 0 Å². The Balaban J connectivity index is 1.43. The number of alkyl carbamates (subject to hydrolysis) is 1. The van der Waals surface area contributed by atoms with Crippen molar-refractivity contribution in [2.45, 2.75) is 96.2 Å². The molecular weight excluding hydrogens is 648 g/mol. The van der Waals surface area contributed by atoms with Crippen molar-refractivity contribution in [1.82, 2.24) is 29.4 Å². The van der Waals surface area contributed by atoms with Crippen molar-refractivity contribution in [3.8, 4) is 11.1 Å². The van der Waals surface area contributed by atoms with Crippen molar-refractivity contribution in [1.29, 1.82) is 0 Å². The Labute approximate surface area is 287 Å². The molecule has 1 N–H and O–H groups in total. The first-order chi connectivity index (χ1) is 22.5. The summed E-state index contributed by atoms with van der Waals surface area (Å²) >= 11 is 7.07. The van der Waals surface area contributed by atoms with E-state index in [4.69, 9.17) is 31.0 Å². The van der Waals surface area contributed by atoms with Crippen LogP contribution in [-0.4, -0.2) is 82.7 Å². The molecule has 2 fully saturated rings. The predicted octanol–water partition coefficient (Wildman–Crippen LogP) is 6.01. The third kappa shape index (κ3) is 6.64. The quantitative estimate of drug-likeness (QED) is 0.166. The van der Waals surface area contributed by atoms with Crippen LogP contribution in [-0.2, 0) is 23.3 Å². The molecule has 4 aromatic rings. The van der Waals surface area contributed by atoms with Gasteiger partial charge in [-0.3, -0.25) is 14.3 Å². The molecule has 2 aliphatic heterocycles. The van der Waals surface area contributed by atoms with Crippen LogP contribution in [0.4, 0.5) is 16.6 Å². The maximum absolute atomic E-state index is 14.4. The lowest BCUT2D eigenvalue weighted by Gasteiger charge is -2.28. The van der Waals surface area contributed by atoms with Crippen molar-refractivity contribution in [3.63, 3.8) is 0 Å². The molecule has 2 bridgehead atoms. The molecule has 5 heterocycles. The van der Waals surface area contributed by atoms with E-state index in [2.05, 4.69) is 34.8 Å². The Morgan fingerprint density at radius 1 is 1.15 bits per heavy atom. The van der Waals surface area contributed by atoms with Crippen molar-refractivity contribution >= 4 is 59.6 Å². The molecule has 0 radical (unpaired) electrons. The summed E-state index contributed by atoms with van der Waals surface area (Å²) in [4.78, 5) is 45.7. The van der Waals surface area contributed by atoms with Gasteiger partial charge in [-0.2, -0.15) is 4.98 Å². The van der Waals surface area contributed by atoms with Crippen LogP contribution in [0.1, 0.15) is 40.0 Å². The fraction of sp³-hybridized carbons (Fsp3) is 0.559. The number of carbonyl (C=O) groups is 1. The third-order valence-electron chi connectivity index (χ3n) is 9.16. The average Bonchev–Trinajstić information content (AvgIpc) is 3.66. The number of anilines is 2. The lowest BCUT2D eigenvalue weighted by molar-refractivity contribution is 0.0497. The zero-order valence-electron chi connectivity index (χ0n) is 29.4. The van der Waals surface area contributed by atoms with Gasteiger partial charge in [0.2, 0.25) is 5.95 Å². The second-order valence-corrected chi connectivity index (χ2v) is 21.4. The number of fused-ring (bicyclic) bond motifs is 4. The number of nitrogens with zero attached hydrogens (tertiary/aromatic N) is 7. The van der Waals surface area contributed by atoms with Gasteiger partial charge in [0, 0.05) is 59.2 Å². The number of rotatable bonds is 9. The van der Waals surface area contributed by atoms with E-state index < -0.39 is 19.8 Å². The van der Waals surface area contributed by atoms with E-state index in [1.54, 1.807) is 17.8 Å². The number of aromatic nitrogens is 5. The fourth-order valence-corrected chi connectivity index (χ4v) is 7.81. The highest BCUT2D eigenvalue weighted by Crippen LogP contribution is 2.42. The molecule has 3 aromatic heterocycles. The van der Waals surface area contributed by atoms with Crippen LogP contribution in [0.25, 0.3) is 33.2 Å². The predicted molar refractivity (Wildman–Crippen MR) is 194 cm³/mol. The first kappa shape index (κ1) is 34.2. The summed E-state index contributed by atoms with van der Waals surface area (Å²) in [5, 5.41) is 3.96. The Bertz CT molecular complexity index is 1930. The molecule has 2 aliphatic rings. The average molecular weight is 695 g/mol. The first-order valence-electron chi connectivity index (χ1n) is 16.6. The normalized spacial score (nSPS) is 19.5. The van der Waals surface area contributed by atoms with Crippen LogP contribution < -0.4 is 20.7 Å². The topological polar surface area (TPSA) is 120 Å². The summed E-state index contributed by atoms with van der Waals surface area (Å²) in [6.45, 7) is 13.4. The standard InChI is InChI=1S/C34H47ClN8O4Si/c1-34(2,3)47-33(45)37-24-16-20-10-13-25(24)43(20)32-39-30-27(31(44)41(32)6)22(18-42(30)19-46-14-15-48(7,8)9)21-11-12-23-29(28(21)35)38-26(17-36-23)40(4)5/h11-12,17-18,20,24-25H,10,13-16,19H2,1-9H3,(H,37,45)/t20-,24+,25+/m0/s1. The number of hydrogen-bond acceptors (Lipinski definition) is 9. The maximum atomic E-state index is 14.4. The number of halogens is 1. The summed E-state index contributed by atoms with van der Waals surface area (Å²) in [7, 11) is 4.26. The van der Waals surface area contributed by atoms with Crippen LogP contribution in [0.15, 0.2) is 29.3 Å². The molecule has 258 valence electrons. The minimum absolute atomic E-state index is 0.00616. The minimum Gasteiger partial charge on any atom is -0.444 e. The highest BCUT2D eigenvalue weighted by molar-refractivity contribution is 6.76. The summed E-state index contributed by atoms with van der Waals surface area (Å²) < 4.78 is 15.3. The van der Waals surface area contributed by atoms with Gasteiger partial charge in [0.15, 0.2) is 5.65 Å². The van der Waals surface area contributed by atoms with Gasteiger partial charge in [0.1, 0.15) is 23.7 Å². The van der Waals surface area contributed by atoms with Crippen LogP contribution in [0, 0.1) is 0 Å². The highest BCUT2D eigenvalue weighted by Gasteiger charge is 2.49. The minimum atomic E-state index is -1.31. The zero-order chi connectivity index (χ0) is 34.7. The highest BCUT2D eigenvalue weighted by atomic mass is 35.5. The maximum Gasteiger partial charge on any atom is 0.407 e. The molecule has 0 aliphatic carbocycles. The molecule has 14 heteroatoms. The Morgan fingerprint density at radius 2 is 1.90 bits per heavy atom. The molecule has 12 nitrogen and oxygen atoms in total. The summed E-state index contributed by atoms with van der Waals surface area (Å²) in [6, 6.07) is 4.81. The van der Waals surface area contributed by atoms with Crippen LogP contribution in [0.2, 0.25) is 30.7 Å². The Kier molecular flexibility index (Phi) is 9.01. The van der Waals surface area contributed by atoms with Crippen LogP contribution in [0.3, 0.4) is 0 Å². The summed E-state index contributed by atoms with van der Waals surface area (Å²) in [5.41, 5.74) is 2.33. The van der Waals surface area contributed by atoms with Gasteiger partial charge < -0.3 is 29.2 Å². The molecule has 3 atom stereocenters. The van der Waals surface area contributed by atoms with E-state index in [9.17, 15) is 9.59 Å². The fourth-order valence-electron chi connectivity index (χ4n) is 6.75. The van der Waals surface area contributed by atoms with E-state index in [-0.39, 0.29) is 30.4 Å². The van der Waals surface area contributed by atoms with E-state index in [0.29, 0.717) is 56.6 Å². The number of nitrogens with one attached hydrogen (secondary N) is 1. The van der Waals surface area contributed by atoms with Crippen molar-refractivity contribution in [2.75, 3.05) is 30.5 Å². The summed E-state index contributed by atoms with van der Waals surface area (Å²) in [5.74, 6) is 1.26. The van der Waals surface area contributed by atoms with Gasteiger partial charge in [-0.25, -0.2) is 9.78 Å². The van der Waals surface area contributed by atoms with Crippen molar-refractivity contribution in [3.05, 3.63) is 39.9 Å². The van der Waals surface area contributed by atoms with Crippen molar-refractivity contribution < 1.29 is 14.3 Å². The first-order valence-corrected chi connectivity index (χ1v) is 20.7. The Morgan fingerprint density at radius 3 is 2.58 bits per heavy atom. The molecule has 0 saturated carbocycles. The number of amides is 1. The van der Waals surface area contributed by atoms with Gasteiger partial charge in [-0.15, -0.1) is 0 Å². The molecule has 2 saturated heterocycles. The monoisotopic (exact) mass is 694 g/mol. The molecule has 1 aromatic carbocycles. The van der Waals surface area contributed by atoms with Crippen LogP contribution >= 0.6 is 11.6 Å². The number of ether oxygens (including phenoxy) is 2. The van der Waals surface area contributed by atoms with Gasteiger partial charge in [0.05, 0.1) is 34.2 Å². The van der Waals surface area contributed by atoms with E-state index in [1.807, 2.05) is 62.7 Å². The Hall–Kier alpha value is -3.68. The van der Waals surface area contributed by atoms with Crippen molar-refractivity contribution in [2.24, 2.45) is 7.05 Å². The van der Waals surface area contributed by atoms with Crippen LogP contribution in [0.5, 0.6) is 0 Å². The van der Waals surface area contributed by atoms with Gasteiger partial charge in [-0.05, 0) is 52.1 Å². The van der Waals surface area contributed by atoms with Gasteiger partial charge in [0.25, 0.3) is 5.56 Å². The second-order valence-electron chi connectivity index (χ2n) is 15.4. The van der Waals surface area contributed by atoms with E-state index in [0.717, 1.165) is 25.3 Å². The molecule has 0 spiro atoms. The van der Waals surface area contributed by atoms with Gasteiger partial charge >= 0.3 is 6.09 Å². The number of hydrogen-bond donors (Lipinski definition) is 1. The largest absolute Gasteiger partial charge is 0.444 e.